The first kappa shape index (κ1) is 42.9. The summed E-state index contributed by atoms with van der Waals surface area (Å²) in [6.07, 6.45) is 9.65. The Bertz CT molecular complexity index is 1470. The van der Waals surface area contributed by atoms with Crippen molar-refractivity contribution in [2.45, 2.75) is 56.5 Å². The zero-order chi connectivity index (χ0) is 38.1. The Hall–Kier alpha value is -4.49. The van der Waals surface area contributed by atoms with E-state index in [4.69, 9.17) is 5.90 Å². The number of nitrogens with one attached hydrogen (secondary N) is 2. The summed E-state index contributed by atoms with van der Waals surface area (Å²) in [5, 5.41) is 24.3. The van der Waals surface area contributed by atoms with Crippen LogP contribution in [0.25, 0.3) is 0 Å². The molecule has 17 heteroatoms. The van der Waals surface area contributed by atoms with Crippen LogP contribution in [0.1, 0.15) is 49.9 Å². The number of nitrogens with two attached hydrogens (primary N) is 1. The van der Waals surface area contributed by atoms with E-state index in [0.29, 0.717) is 17.1 Å². The molecule has 0 spiro atoms. The van der Waals surface area contributed by atoms with Gasteiger partial charge in [0.25, 0.3) is 0 Å². The second-order valence-corrected chi connectivity index (χ2v) is 13.1. The molecular formula is C36H50N8O8S. The predicted octanol–water partition coefficient (Wildman–Crippen LogP) is 3.18. The molecule has 2 aromatic heterocycles. The first-order chi connectivity index (χ1) is 25.7. The van der Waals surface area contributed by atoms with E-state index in [1.807, 2.05) is 48.8 Å². The maximum absolute atomic E-state index is 12.7. The summed E-state index contributed by atoms with van der Waals surface area (Å²) in [7, 11) is 0. The fraction of sp³-hybridized carbons (Fsp3) is 0.444. The molecule has 1 aromatic carbocycles. The van der Waals surface area contributed by atoms with Crippen LogP contribution in [-0.4, -0.2) is 111 Å². The highest BCUT2D eigenvalue weighted by Crippen LogP contribution is 2.21. The maximum Gasteiger partial charge on any atom is 0.317 e. The number of amides is 2. The topological polar surface area (TPSA) is 213 Å². The molecule has 2 heterocycles. The lowest BCUT2D eigenvalue weighted by atomic mass is 10.1. The van der Waals surface area contributed by atoms with Crippen LogP contribution in [0, 0.1) is 0 Å². The maximum atomic E-state index is 12.7. The van der Waals surface area contributed by atoms with Crippen molar-refractivity contribution in [2.24, 2.45) is 5.90 Å². The Balaban J connectivity index is 1.33. The highest BCUT2D eigenvalue weighted by Gasteiger charge is 2.19. The number of carbonyl (C=O) groups excluding carboxylic acids is 2. The molecular weight excluding hydrogens is 705 g/mol. The van der Waals surface area contributed by atoms with Gasteiger partial charge in [0.1, 0.15) is 0 Å². The standard InChI is InChI=1S/C36H50N8O8S/c37-51-52-53-32-15-13-29(14-16-32)41-34(46)26-44(28-36(49)50)22-21-43(27-35(47)48)25-33(45)40-19-7-3-1-2-4-10-20-42(23-30-11-5-8-17-38-30)24-31-12-6-9-18-39-31/h5-6,8-9,11-18H,1-4,7,10,19-28,37H2,(H,40,45)(H,41,46)(H,47,48)(H,49,50). The van der Waals surface area contributed by atoms with Gasteiger partial charge >= 0.3 is 11.9 Å². The predicted molar refractivity (Wildman–Crippen MR) is 199 cm³/mol. The van der Waals surface area contributed by atoms with Crippen molar-refractivity contribution in [3.63, 3.8) is 0 Å². The molecule has 0 unspecified atom stereocenters. The molecule has 0 aliphatic heterocycles. The molecule has 53 heavy (non-hydrogen) atoms. The highest BCUT2D eigenvalue weighted by atomic mass is 32.2. The van der Waals surface area contributed by atoms with Gasteiger partial charge in [0.15, 0.2) is 0 Å². The van der Waals surface area contributed by atoms with Crippen molar-refractivity contribution in [3.8, 4) is 0 Å². The summed E-state index contributed by atoms with van der Waals surface area (Å²) in [6.45, 7) is 1.77. The average Bonchev–Trinajstić information content (AvgIpc) is 3.13. The van der Waals surface area contributed by atoms with E-state index in [0.717, 1.165) is 81.6 Å². The second-order valence-electron chi connectivity index (χ2n) is 12.4. The Labute approximate surface area is 314 Å². The molecule has 0 saturated heterocycles. The van der Waals surface area contributed by atoms with Crippen molar-refractivity contribution in [3.05, 3.63) is 84.4 Å². The molecule has 0 aliphatic carbocycles. The lowest BCUT2D eigenvalue weighted by molar-refractivity contribution is -0.195. The molecule has 2 amide bonds. The minimum Gasteiger partial charge on any atom is -0.480 e. The smallest absolute Gasteiger partial charge is 0.317 e. The van der Waals surface area contributed by atoms with Gasteiger partial charge < -0.3 is 20.8 Å². The fourth-order valence-corrected chi connectivity index (χ4v) is 5.82. The third-order valence-electron chi connectivity index (χ3n) is 7.94. The Morgan fingerprint density at radius 1 is 0.660 bits per heavy atom. The normalized spacial score (nSPS) is 11.2. The summed E-state index contributed by atoms with van der Waals surface area (Å²) in [5.41, 5.74) is 2.54. The lowest BCUT2D eigenvalue weighted by Crippen LogP contribution is -2.45. The van der Waals surface area contributed by atoms with Gasteiger partial charge in [0.05, 0.1) is 49.6 Å². The Morgan fingerprint density at radius 2 is 1.21 bits per heavy atom. The van der Waals surface area contributed by atoms with E-state index in [1.54, 1.807) is 24.3 Å². The minimum atomic E-state index is -1.15. The number of hydrogen-bond acceptors (Lipinski definition) is 13. The van der Waals surface area contributed by atoms with Gasteiger partial charge in [-0.15, -0.1) is 9.32 Å². The van der Waals surface area contributed by atoms with Crippen LogP contribution >= 0.6 is 12.0 Å². The van der Waals surface area contributed by atoms with E-state index in [2.05, 4.69) is 34.8 Å². The van der Waals surface area contributed by atoms with Crippen molar-refractivity contribution < 1.29 is 38.7 Å². The number of pyridine rings is 2. The molecule has 0 radical (unpaired) electrons. The van der Waals surface area contributed by atoms with E-state index in [9.17, 15) is 29.4 Å². The second kappa shape index (κ2) is 25.5. The van der Waals surface area contributed by atoms with Crippen molar-refractivity contribution in [1.82, 2.24) is 30.0 Å². The summed E-state index contributed by atoms with van der Waals surface area (Å²) < 4.78 is 4.57. The number of nitrogens with zero attached hydrogens (tertiary/aromatic N) is 5. The molecule has 0 bridgehead atoms. The molecule has 0 atom stereocenters. The highest BCUT2D eigenvalue weighted by molar-refractivity contribution is 7.94. The van der Waals surface area contributed by atoms with Crippen LogP contribution in [0.5, 0.6) is 0 Å². The largest absolute Gasteiger partial charge is 0.480 e. The number of aromatic nitrogens is 2. The van der Waals surface area contributed by atoms with Crippen LogP contribution in [0.2, 0.25) is 0 Å². The molecule has 0 fully saturated rings. The average molecular weight is 755 g/mol. The van der Waals surface area contributed by atoms with E-state index < -0.39 is 30.9 Å². The molecule has 3 aromatic rings. The van der Waals surface area contributed by atoms with Crippen molar-refractivity contribution >= 4 is 41.5 Å². The zero-order valence-corrected chi connectivity index (χ0v) is 30.6. The van der Waals surface area contributed by atoms with Gasteiger partial charge in [-0.2, -0.15) is 5.90 Å². The monoisotopic (exact) mass is 754 g/mol. The zero-order valence-electron chi connectivity index (χ0n) is 29.8. The molecule has 288 valence electrons. The van der Waals surface area contributed by atoms with Crippen LogP contribution < -0.4 is 16.5 Å². The summed E-state index contributed by atoms with van der Waals surface area (Å²) >= 11 is 0.881. The van der Waals surface area contributed by atoms with Crippen LogP contribution in [0.4, 0.5) is 5.69 Å². The molecule has 6 N–H and O–H groups in total. The van der Waals surface area contributed by atoms with E-state index in [1.165, 1.54) is 9.80 Å². The number of anilines is 1. The fourth-order valence-electron chi connectivity index (χ4n) is 5.46. The van der Waals surface area contributed by atoms with E-state index in [-0.39, 0.29) is 32.1 Å². The number of aliphatic carboxylic acids is 2. The Morgan fingerprint density at radius 3 is 1.74 bits per heavy atom. The number of unbranched alkanes of at least 4 members (excludes halogenated alkanes) is 5. The molecule has 0 aliphatic rings. The van der Waals surface area contributed by atoms with Gasteiger partial charge in [-0.1, -0.05) is 37.8 Å². The quantitative estimate of drug-likeness (QED) is 0.0312. The summed E-state index contributed by atoms with van der Waals surface area (Å²) in [5.74, 6) is 1.77. The lowest BCUT2D eigenvalue weighted by Gasteiger charge is -2.25. The van der Waals surface area contributed by atoms with Crippen LogP contribution in [0.3, 0.4) is 0 Å². The number of rotatable bonds is 28. The summed E-state index contributed by atoms with van der Waals surface area (Å²) in [6, 6.07) is 18.5. The van der Waals surface area contributed by atoms with Gasteiger partial charge in [-0.3, -0.25) is 43.8 Å². The number of carboxylic acids is 2. The first-order valence-electron chi connectivity index (χ1n) is 17.5. The van der Waals surface area contributed by atoms with Crippen molar-refractivity contribution in [2.75, 3.05) is 57.7 Å². The van der Waals surface area contributed by atoms with Gasteiger partial charge in [-0.25, -0.2) is 0 Å². The van der Waals surface area contributed by atoms with Gasteiger partial charge in [0.2, 0.25) is 11.8 Å². The van der Waals surface area contributed by atoms with Crippen molar-refractivity contribution in [1.29, 1.82) is 0 Å². The Kier molecular flexibility index (Phi) is 20.6. The first-order valence-corrected chi connectivity index (χ1v) is 18.2. The molecule has 0 saturated carbocycles. The number of benzene rings is 1. The molecule has 3 rings (SSSR count). The summed E-state index contributed by atoms with van der Waals surface area (Å²) in [4.78, 5) is 67.2. The number of hydrogen-bond donors (Lipinski definition) is 5. The number of carboxylic acid groups (broad SMARTS) is 2. The minimum absolute atomic E-state index is 0.0519. The van der Waals surface area contributed by atoms with E-state index >= 15 is 0 Å². The number of carbonyl (C=O) groups is 4. The van der Waals surface area contributed by atoms with Crippen LogP contribution in [-0.2, 0) is 41.6 Å². The molecule has 16 nitrogen and oxygen atoms in total. The van der Waals surface area contributed by atoms with Crippen LogP contribution in [0.15, 0.2) is 78.0 Å². The van der Waals surface area contributed by atoms with Gasteiger partial charge in [0, 0.05) is 55.7 Å². The third kappa shape index (κ3) is 19.8. The third-order valence-corrected chi connectivity index (χ3v) is 8.55. The van der Waals surface area contributed by atoms with Gasteiger partial charge in [-0.05, 0) is 67.9 Å². The SMILES string of the molecule is NOOSc1ccc(NC(=O)CN(CCN(CC(=O)O)CC(=O)NCCCCCCCCN(Cc2ccccn2)Cc2ccccn2)CC(=O)O)cc1.